The Morgan fingerprint density at radius 2 is 1.75 bits per heavy atom. The Hall–Kier alpha value is -1.62. The first-order chi connectivity index (χ1) is 10.7. The first kappa shape index (κ1) is 18.7. The summed E-state index contributed by atoms with van der Waals surface area (Å²) in [7, 11) is 0. The van der Waals surface area contributed by atoms with Crippen molar-refractivity contribution in [3.8, 4) is 0 Å². The zero-order chi connectivity index (χ0) is 18.5. The van der Waals surface area contributed by atoms with E-state index >= 15 is 0 Å². The molecule has 0 bridgehead atoms. The summed E-state index contributed by atoms with van der Waals surface area (Å²) in [5.41, 5.74) is 8.22. The molecule has 2 N–H and O–H groups in total. The molecule has 1 heterocycles. The van der Waals surface area contributed by atoms with Gasteiger partial charge in [0.2, 0.25) is 0 Å². The average Bonchev–Trinajstić information content (AvgIpc) is 3.01. The van der Waals surface area contributed by atoms with Gasteiger partial charge in [0.1, 0.15) is 11.4 Å². The van der Waals surface area contributed by atoms with Gasteiger partial charge in [0, 0.05) is 16.8 Å². The number of anilines is 1. The normalized spacial score (nSPS) is 16.7. The van der Waals surface area contributed by atoms with Crippen LogP contribution >= 0.6 is 0 Å². The number of nitrogens with two attached hydrogens (primary N) is 1. The number of amides is 1. The van der Waals surface area contributed by atoms with E-state index in [-0.39, 0.29) is 11.6 Å². The standard InChI is InChI=1S/C19H31N3O2/c1-12-11-14(21-13(2)15(12)19(20)9-10-19)22(17(3,4)5)16(23)24-18(6,7)8/h11H,9-10,20H2,1-8H3. The first-order valence-corrected chi connectivity index (χ1v) is 8.55. The van der Waals surface area contributed by atoms with Crippen LogP contribution in [0.2, 0.25) is 0 Å². The summed E-state index contributed by atoms with van der Waals surface area (Å²) in [4.78, 5) is 19.1. The molecule has 0 saturated heterocycles. The van der Waals surface area contributed by atoms with E-state index in [2.05, 4.69) is 0 Å². The quantitative estimate of drug-likeness (QED) is 0.881. The van der Waals surface area contributed by atoms with Crippen molar-refractivity contribution < 1.29 is 9.53 Å². The van der Waals surface area contributed by atoms with E-state index in [9.17, 15) is 4.79 Å². The Kier molecular flexibility index (Phi) is 4.47. The van der Waals surface area contributed by atoms with E-state index in [1.165, 1.54) is 0 Å². The molecule has 134 valence electrons. The zero-order valence-electron chi connectivity index (χ0n) is 16.3. The van der Waals surface area contributed by atoms with E-state index < -0.39 is 11.1 Å². The number of aryl methyl sites for hydroxylation is 2. The Labute approximate surface area is 145 Å². The molecule has 1 fully saturated rings. The number of rotatable bonds is 2. The van der Waals surface area contributed by atoms with E-state index in [1.807, 2.05) is 61.5 Å². The lowest BCUT2D eigenvalue weighted by Gasteiger charge is -2.36. The molecule has 5 nitrogen and oxygen atoms in total. The lowest BCUT2D eigenvalue weighted by atomic mass is 9.98. The van der Waals surface area contributed by atoms with Gasteiger partial charge in [-0.1, -0.05) is 0 Å². The molecule has 24 heavy (non-hydrogen) atoms. The summed E-state index contributed by atoms with van der Waals surface area (Å²) in [5, 5.41) is 0. The van der Waals surface area contributed by atoms with Gasteiger partial charge in [0.05, 0.1) is 0 Å². The van der Waals surface area contributed by atoms with Crippen molar-refractivity contribution >= 4 is 11.9 Å². The molecule has 0 aromatic carbocycles. The summed E-state index contributed by atoms with van der Waals surface area (Å²) in [6.45, 7) is 15.5. The molecule has 0 spiro atoms. The summed E-state index contributed by atoms with van der Waals surface area (Å²) in [6, 6.07) is 1.95. The van der Waals surface area contributed by atoms with Gasteiger partial charge in [-0.15, -0.1) is 0 Å². The van der Waals surface area contributed by atoms with Crippen LogP contribution < -0.4 is 10.6 Å². The highest BCUT2D eigenvalue weighted by Crippen LogP contribution is 2.45. The highest BCUT2D eigenvalue weighted by atomic mass is 16.6. The van der Waals surface area contributed by atoms with Gasteiger partial charge < -0.3 is 10.5 Å². The van der Waals surface area contributed by atoms with Crippen molar-refractivity contribution in [1.29, 1.82) is 0 Å². The molecule has 0 atom stereocenters. The summed E-state index contributed by atoms with van der Waals surface area (Å²) >= 11 is 0. The van der Waals surface area contributed by atoms with Crippen LogP contribution in [0.5, 0.6) is 0 Å². The van der Waals surface area contributed by atoms with Crippen molar-refractivity contribution in [2.75, 3.05) is 4.90 Å². The fourth-order valence-electron chi connectivity index (χ4n) is 3.08. The summed E-state index contributed by atoms with van der Waals surface area (Å²) < 4.78 is 5.59. The van der Waals surface area contributed by atoms with Gasteiger partial charge >= 0.3 is 6.09 Å². The number of ether oxygens (including phenoxy) is 1. The molecule has 0 unspecified atom stereocenters. The van der Waals surface area contributed by atoms with Crippen LogP contribution in [-0.2, 0) is 10.3 Å². The second kappa shape index (κ2) is 5.73. The van der Waals surface area contributed by atoms with Crippen LogP contribution in [0.1, 0.15) is 71.2 Å². The molecule has 1 aliphatic carbocycles. The Balaban J connectivity index is 2.46. The minimum atomic E-state index is -0.556. The van der Waals surface area contributed by atoms with Gasteiger partial charge in [-0.25, -0.2) is 9.78 Å². The number of nitrogens with zero attached hydrogens (tertiary/aromatic N) is 2. The van der Waals surface area contributed by atoms with Gasteiger partial charge in [0.15, 0.2) is 0 Å². The van der Waals surface area contributed by atoms with Crippen molar-refractivity contribution in [1.82, 2.24) is 4.98 Å². The topological polar surface area (TPSA) is 68.5 Å². The predicted octanol–water partition coefficient (Wildman–Crippen LogP) is 4.19. The molecule has 1 aromatic rings. The lowest BCUT2D eigenvalue weighted by molar-refractivity contribution is 0.0549. The number of carbonyl (C=O) groups excluding carboxylic acids is 1. The third-order valence-corrected chi connectivity index (χ3v) is 4.15. The Bertz CT molecular complexity index is 627. The predicted molar refractivity (Wildman–Crippen MR) is 97.3 cm³/mol. The Morgan fingerprint density at radius 1 is 1.21 bits per heavy atom. The van der Waals surface area contributed by atoms with E-state index in [1.54, 1.807) is 4.90 Å². The third kappa shape index (κ3) is 3.89. The molecular formula is C19H31N3O2. The monoisotopic (exact) mass is 333 g/mol. The van der Waals surface area contributed by atoms with Crippen molar-refractivity contribution in [2.45, 2.75) is 84.9 Å². The number of aromatic nitrogens is 1. The minimum absolute atomic E-state index is 0.238. The van der Waals surface area contributed by atoms with Gasteiger partial charge in [-0.3, -0.25) is 4.90 Å². The van der Waals surface area contributed by atoms with Crippen LogP contribution in [0.25, 0.3) is 0 Å². The summed E-state index contributed by atoms with van der Waals surface area (Å²) in [6.07, 6.45) is 1.60. The van der Waals surface area contributed by atoms with E-state index in [4.69, 9.17) is 15.5 Å². The molecule has 1 amide bonds. The van der Waals surface area contributed by atoms with Crippen molar-refractivity contribution in [3.63, 3.8) is 0 Å². The minimum Gasteiger partial charge on any atom is -0.443 e. The number of hydrogen-bond acceptors (Lipinski definition) is 4. The van der Waals surface area contributed by atoms with Crippen LogP contribution in [0.4, 0.5) is 10.6 Å². The maximum atomic E-state index is 12.8. The van der Waals surface area contributed by atoms with Gasteiger partial charge in [0.25, 0.3) is 0 Å². The van der Waals surface area contributed by atoms with Crippen LogP contribution in [0.3, 0.4) is 0 Å². The summed E-state index contributed by atoms with van der Waals surface area (Å²) in [5.74, 6) is 0.611. The molecule has 1 saturated carbocycles. The smallest absolute Gasteiger partial charge is 0.416 e. The molecule has 0 radical (unpaired) electrons. The van der Waals surface area contributed by atoms with Gasteiger partial charge in [-0.2, -0.15) is 0 Å². The first-order valence-electron chi connectivity index (χ1n) is 8.55. The molecule has 2 rings (SSSR count). The molecule has 1 aromatic heterocycles. The zero-order valence-corrected chi connectivity index (χ0v) is 16.3. The second-order valence-electron chi connectivity index (χ2n) is 8.90. The second-order valence-corrected chi connectivity index (χ2v) is 8.90. The largest absolute Gasteiger partial charge is 0.443 e. The third-order valence-electron chi connectivity index (χ3n) is 4.15. The maximum Gasteiger partial charge on any atom is 0.416 e. The Morgan fingerprint density at radius 3 is 2.12 bits per heavy atom. The number of carbonyl (C=O) groups is 1. The van der Waals surface area contributed by atoms with E-state index in [0.717, 1.165) is 29.7 Å². The van der Waals surface area contributed by atoms with Crippen molar-refractivity contribution in [2.24, 2.45) is 5.73 Å². The SMILES string of the molecule is Cc1cc(N(C(=O)OC(C)(C)C)C(C)(C)C)nc(C)c1C1(N)CC1. The molecular weight excluding hydrogens is 302 g/mol. The molecule has 5 heteroatoms. The molecule has 1 aliphatic rings. The number of hydrogen-bond donors (Lipinski definition) is 1. The van der Waals surface area contributed by atoms with Crippen molar-refractivity contribution in [3.05, 3.63) is 22.9 Å². The highest BCUT2D eigenvalue weighted by molar-refractivity contribution is 5.88. The maximum absolute atomic E-state index is 12.8. The van der Waals surface area contributed by atoms with E-state index in [0.29, 0.717) is 5.82 Å². The van der Waals surface area contributed by atoms with Crippen LogP contribution in [0, 0.1) is 13.8 Å². The van der Waals surface area contributed by atoms with Crippen LogP contribution in [-0.4, -0.2) is 22.2 Å². The van der Waals surface area contributed by atoms with Gasteiger partial charge in [-0.05, 0) is 85.4 Å². The average molecular weight is 333 g/mol. The van der Waals surface area contributed by atoms with Crippen LogP contribution in [0.15, 0.2) is 6.07 Å². The lowest BCUT2D eigenvalue weighted by Crippen LogP contribution is -2.48. The number of pyridine rings is 1. The fraction of sp³-hybridized carbons (Fsp3) is 0.684. The highest BCUT2D eigenvalue weighted by Gasteiger charge is 2.43. The fourth-order valence-corrected chi connectivity index (χ4v) is 3.08. The molecule has 0 aliphatic heterocycles.